The third-order valence-corrected chi connectivity index (χ3v) is 10.7. The summed E-state index contributed by atoms with van der Waals surface area (Å²) in [5.74, 6) is 1.20. The van der Waals surface area contributed by atoms with Gasteiger partial charge in [-0.2, -0.15) is 0 Å². The van der Waals surface area contributed by atoms with Crippen molar-refractivity contribution >= 4 is 5.57 Å². The van der Waals surface area contributed by atoms with Gasteiger partial charge in [0.1, 0.15) is 0 Å². The molecule has 6 aromatic rings. The number of allylic oxidation sites excluding steroid dienone is 4. The number of hydrogen-bond acceptors (Lipinski definition) is 2. The molecule has 2 heteroatoms. The van der Waals surface area contributed by atoms with E-state index < -0.39 is 0 Å². The van der Waals surface area contributed by atoms with Crippen LogP contribution in [0, 0.1) is 5.92 Å². The molecule has 2 aliphatic carbocycles. The second kappa shape index (κ2) is 13.6. The van der Waals surface area contributed by atoms with Gasteiger partial charge in [-0.3, -0.25) is 0 Å². The maximum Gasteiger partial charge on any atom is 0.160 e. The monoisotopic (exact) mass is 634 g/mol. The minimum absolute atomic E-state index is 0.00772. The van der Waals surface area contributed by atoms with Gasteiger partial charge >= 0.3 is 0 Å². The molecule has 0 amide bonds. The van der Waals surface area contributed by atoms with Crippen LogP contribution in [0.2, 0.25) is 0 Å². The molecule has 0 spiro atoms. The Morgan fingerprint density at radius 3 is 1.69 bits per heavy atom. The molecule has 0 aliphatic heterocycles. The predicted molar refractivity (Wildman–Crippen MR) is 205 cm³/mol. The highest BCUT2D eigenvalue weighted by Gasteiger charge is 2.35. The van der Waals surface area contributed by atoms with Crippen molar-refractivity contribution in [3.05, 3.63) is 175 Å². The van der Waals surface area contributed by atoms with E-state index in [-0.39, 0.29) is 5.41 Å². The smallest absolute Gasteiger partial charge is 0.160 e. The standard InChI is InChI=1S/C47H42N2/c1-34-14-9-10-21-43(34)45-33-44(37-17-7-3-8-18-37)48-46(49-45)38-24-28-42(29-25-38)47(30-11-4-12-31-47)41-26-22-36(23-27-41)40-20-13-19-39(32-40)35-15-5-2-6-16-35/h2-3,5-10,13,15-29,32-34H,4,11-12,14,30-31H2,1H3. The summed E-state index contributed by atoms with van der Waals surface area (Å²) in [5, 5.41) is 0. The van der Waals surface area contributed by atoms with Crippen LogP contribution in [0.15, 0.2) is 158 Å². The summed E-state index contributed by atoms with van der Waals surface area (Å²) in [6.07, 6.45) is 13.8. The summed E-state index contributed by atoms with van der Waals surface area (Å²) in [6.45, 7) is 2.28. The van der Waals surface area contributed by atoms with E-state index in [9.17, 15) is 0 Å². The molecule has 2 aliphatic rings. The van der Waals surface area contributed by atoms with E-state index >= 15 is 0 Å². The fourth-order valence-corrected chi connectivity index (χ4v) is 7.89. The third-order valence-electron chi connectivity index (χ3n) is 10.7. The highest BCUT2D eigenvalue weighted by Crippen LogP contribution is 2.46. The first-order chi connectivity index (χ1) is 24.2. The van der Waals surface area contributed by atoms with Crippen LogP contribution < -0.4 is 0 Å². The Hall–Kier alpha value is -5.34. The molecule has 1 atom stereocenters. The molecule has 1 aromatic heterocycles. The second-order valence-corrected chi connectivity index (χ2v) is 13.8. The van der Waals surface area contributed by atoms with Crippen LogP contribution in [-0.4, -0.2) is 9.97 Å². The molecular weight excluding hydrogens is 593 g/mol. The third kappa shape index (κ3) is 6.32. The maximum absolute atomic E-state index is 5.17. The van der Waals surface area contributed by atoms with Crippen LogP contribution in [0.5, 0.6) is 0 Å². The summed E-state index contributed by atoms with van der Waals surface area (Å²) in [6, 6.07) is 50.8. The number of nitrogens with zero attached hydrogens (tertiary/aromatic N) is 2. The Balaban J connectivity index is 1.13. The molecule has 0 radical (unpaired) electrons. The lowest BCUT2D eigenvalue weighted by Crippen LogP contribution is -2.30. The van der Waals surface area contributed by atoms with Crippen LogP contribution in [0.3, 0.4) is 0 Å². The second-order valence-electron chi connectivity index (χ2n) is 13.8. The van der Waals surface area contributed by atoms with E-state index in [0.717, 1.165) is 34.8 Å². The average molecular weight is 635 g/mol. The largest absolute Gasteiger partial charge is 0.228 e. The van der Waals surface area contributed by atoms with Gasteiger partial charge in [-0.1, -0.05) is 172 Å². The molecule has 1 unspecified atom stereocenters. The van der Waals surface area contributed by atoms with Gasteiger partial charge in [0.15, 0.2) is 5.82 Å². The highest BCUT2D eigenvalue weighted by atomic mass is 14.9. The van der Waals surface area contributed by atoms with Crippen molar-refractivity contribution in [3.8, 4) is 44.9 Å². The number of benzene rings is 5. The van der Waals surface area contributed by atoms with E-state index in [1.807, 2.05) is 0 Å². The molecule has 8 rings (SSSR count). The Morgan fingerprint density at radius 2 is 1.06 bits per heavy atom. The molecule has 49 heavy (non-hydrogen) atoms. The Labute approximate surface area is 291 Å². The SMILES string of the molecule is CC1CC=CC=C1c1cc(-c2ccccc2)nc(-c2ccc(C3(c4ccc(-c5cccc(-c6ccccc6)c5)cc4)CCCCC3)cc2)n1. The lowest BCUT2D eigenvalue weighted by molar-refractivity contribution is 0.346. The fraction of sp³-hybridized carbons (Fsp3) is 0.191. The van der Waals surface area contributed by atoms with Crippen molar-refractivity contribution in [1.82, 2.24) is 9.97 Å². The predicted octanol–water partition coefficient (Wildman–Crippen LogP) is 12.4. The first kappa shape index (κ1) is 31.0. The van der Waals surface area contributed by atoms with Gasteiger partial charge < -0.3 is 0 Å². The van der Waals surface area contributed by atoms with Gasteiger partial charge in [-0.25, -0.2) is 9.97 Å². The summed E-state index contributed by atoms with van der Waals surface area (Å²) >= 11 is 0. The molecule has 1 heterocycles. The van der Waals surface area contributed by atoms with Gasteiger partial charge in [0.05, 0.1) is 11.4 Å². The van der Waals surface area contributed by atoms with Gasteiger partial charge in [0.2, 0.25) is 0 Å². The zero-order valence-corrected chi connectivity index (χ0v) is 28.2. The fourth-order valence-electron chi connectivity index (χ4n) is 7.89. The van der Waals surface area contributed by atoms with Crippen LogP contribution >= 0.6 is 0 Å². The Bertz CT molecular complexity index is 2100. The molecule has 240 valence electrons. The van der Waals surface area contributed by atoms with E-state index in [1.54, 1.807) is 0 Å². The van der Waals surface area contributed by atoms with E-state index in [2.05, 4.69) is 165 Å². The van der Waals surface area contributed by atoms with Gasteiger partial charge in [-0.15, -0.1) is 0 Å². The molecule has 0 bridgehead atoms. The minimum Gasteiger partial charge on any atom is -0.228 e. The normalized spacial score (nSPS) is 17.0. The zero-order chi connectivity index (χ0) is 33.0. The Morgan fingerprint density at radius 1 is 0.510 bits per heavy atom. The van der Waals surface area contributed by atoms with Gasteiger partial charge in [-0.05, 0) is 76.3 Å². The molecule has 1 saturated carbocycles. The number of aromatic nitrogens is 2. The summed E-state index contributed by atoms with van der Waals surface area (Å²) in [5.41, 5.74) is 13.2. The van der Waals surface area contributed by atoms with E-state index in [1.165, 1.54) is 71.1 Å². The van der Waals surface area contributed by atoms with Gasteiger partial charge in [0, 0.05) is 16.5 Å². The average Bonchev–Trinajstić information content (AvgIpc) is 3.19. The molecular formula is C47H42N2. The topological polar surface area (TPSA) is 25.8 Å². The van der Waals surface area contributed by atoms with Crippen molar-refractivity contribution in [1.29, 1.82) is 0 Å². The molecule has 2 nitrogen and oxygen atoms in total. The molecule has 5 aromatic carbocycles. The maximum atomic E-state index is 5.17. The minimum atomic E-state index is 0.00772. The highest BCUT2D eigenvalue weighted by molar-refractivity contribution is 5.75. The summed E-state index contributed by atoms with van der Waals surface area (Å²) in [4.78, 5) is 10.3. The van der Waals surface area contributed by atoms with E-state index in [4.69, 9.17) is 9.97 Å². The molecule has 0 N–H and O–H groups in total. The van der Waals surface area contributed by atoms with Crippen LogP contribution in [0.1, 0.15) is 62.3 Å². The summed E-state index contributed by atoms with van der Waals surface area (Å²) in [7, 11) is 0. The molecule has 0 saturated heterocycles. The van der Waals surface area contributed by atoms with Crippen molar-refractivity contribution in [2.75, 3.05) is 0 Å². The lowest BCUT2D eigenvalue weighted by atomic mass is 9.65. The first-order valence-electron chi connectivity index (χ1n) is 17.9. The zero-order valence-electron chi connectivity index (χ0n) is 28.2. The lowest BCUT2D eigenvalue weighted by Gasteiger charge is -2.39. The van der Waals surface area contributed by atoms with Crippen molar-refractivity contribution < 1.29 is 0 Å². The van der Waals surface area contributed by atoms with E-state index in [0.29, 0.717) is 5.92 Å². The Kier molecular flexibility index (Phi) is 8.62. The van der Waals surface area contributed by atoms with Crippen LogP contribution in [0.4, 0.5) is 0 Å². The van der Waals surface area contributed by atoms with Crippen molar-refractivity contribution in [2.45, 2.75) is 50.9 Å². The molecule has 1 fully saturated rings. The summed E-state index contributed by atoms with van der Waals surface area (Å²) < 4.78 is 0. The van der Waals surface area contributed by atoms with Crippen LogP contribution in [-0.2, 0) is 5.41 Å². The number of hydrogen-bond donors (Lipinski definition) is 0. The number of rotatable bonds is 7. The van der Waals surface area contributed by atoms with Crippen LogP contribution in [0.25, 0.3) is 50.5 Å². The first-order valence-corrected chi connectivity index (χ1v) is 17.9. The quantitative estimate of drug-likeness (QED) is 0.175. The van der Waals surface area contributed by atoms with Crippen molar-refractivity contribution in [3.63, 3.8) is 0 Å². The van der Waals surface area contributed by atoms with Gasteiger partial charge in [0.25, 0.3) is 0 Å². The van der Waals surface area contributed by atoms with Crippen molar-refractivity contribution in [2.24, 2.45) is 5.92 Å².